The summed E-state index contributed by atoms with van der Waals surface area (Å²) in [5.74, 6) is 3.74. The van der Waals surface area contributed by atoms with Crippen molar-refractivity contribution < 1.29 is 8.83 Å². The van der Waals surface area contributed by atoms with Gasteiger partial charge in [-0.15, -0.1) is 0 Å². The first-order chi connectivity index (χ1) is 55.5. The van der Waals surface area contributed by atoms with Crippen LogP contribution in [0.15, 0.2) is 397 Å². The number of hydrogen-bond acceptors (Lipinski definition) is 8. The predicted octanol–water partition coefficient (Wildman–Crippen LogP) is 26.4. The molecule has 6 heterocycles. The number of nitrogens with zero attached hydrogens (tertiary/aromatic N) is 8. The molecule has 22 rings (SSSR count). The molecule has 0 radical (unpaired) electrons. The molecule has 10 heteroatoms. The zero-order valence-electron chi connectivity index (χ0n) is 60.3. The third-order valence-corrected chi connectivity index (χ3v) is 21.3. The summed E-state index contributed by atoms with van der Waals surface area (Å²) in [5, 5.41) is 9.27. The Morgan fingerprint density at radius 1 is 0.152 bits per heavy atom. The van der Waals surface area contributed by atoms with Gasteiger partial charge < -0.3 is 18.0 Å². The molecule has 0 saturated heterocycles. The van der Waals surface area contributed by atoms with Crippen molar-refractivity contribution in [3.05, 3.63) is 388 Å². The molecule has 6 aromatic heterocycles. The van der Waals surface area contributed by atoms with Gasteiger partial charge in [0.1, 0.15) is 22.3 Å². The minimum atomic E-state index is 0.612. The summed E-state index contributed by atoms with van der Waals surface area (Å²) in [6.45, 7) is 0. The van der Waals surface area contributed by atoms with E-state index in [0.29, 0.717) is 34.9 Å². The van der Waals surface area contributed by atoms with Gasteiger partial charge in [-0.3, -0.25) is 0 Å². The molecular weight excluding hydrogens is 1370 g/mol. The van der Waals surface area contributed by atoms with Crippen molar-refractivity contribution in [1.82, 2.24) is 39.0 Å². The summed E-state index contributed by atoms with van der Waals surface area (Å²) in [6, 6.07) is 135. The predicted molar refractivity (Wildman–Crippen MR) is 457 cm³/mol. The van der Waals surface area contributed by atoms with Crippen molar-refractivity contribution in [2.24, 2.45) is 0 Å². The molecule has 0 aliphatic rings. The Kier molecular flexibility index (Phi) is 16.0. The van der Waals surface area contributed by atoms with Crippen LogP contribution in [0, 0.1) is 0 Å². The molecule has 0 aliphatic carbocycles. The molecule has 0 atom stereocenters. The molecule has 0 spiro atoms. The van der Waals surface area contributed by atoms with Gasteiger partial charge in [0.15, 0.2) is 34.9 Å². The molecule has 16 aromatic carbocycles. The lowest BCUT2D eigenvalue weighted by Gasteiger charge is -2.12. The summed E-state index contributed by atoms with van der Waals surface area (Å²) < 4.78 is 17.2. The summed E-state index contributed by atoms with van der Waals surface area (Å²) in [6.07, 6.45) is 0. The van der Waals surface area contributed by atoms with Crippen LogP contribution in [0.4, 0.5) is 0 Å². The van der Waals surface area contributed by atoms with Crippen molar-refractivity contribution in [3.8, 4) is 124 Å². The SMILES string of the molecule is c1ccc(-c2ccc(-c3nc(-c4ccccc4)nc(-c4cccc(-n5c6ccccc6c6ccc(-c7ccc8c(c7)oc7ccccc78)cc65)c4)n3)cc2)cc1.c1ccc(-c2cccc(-c3nc(-c4ccccc4)nc(-c4cccc(-n5c6ccccc6c6ccc(-c7ccc8c(c7)oc7ccccc78)cc65)c4)n3)c2)cc1. The zero-order valence-corrected chi connectivity index (χ0v) is 60.3. The van der Waals surface area contributed by atoms with Gasteiger partial charge in [0.05, 0.1) is 22.1 Å². The third kappa shape index (κ3) is 11.9. The van der Waals surface area contributed by atoms with E-state index in [0.717, 1.165) is 150 Å². The van der Waals surface area contributed by atoms with Crippen LogP contribution in [0.25, 0.3) is 212 Å². The smallest absolute Gasteiger partial charge is 0.164 e. The second-order valence-electron chi connectivity index (χ2n) is 28.1. The maximum atomic E-state index is 6.28. The van der Waals surface area contributed by atoms with Crippen LogP contribution in [0.2, 0.25) is 0 Å². The van der Waals surface area contributed by atoms with Crippen molar-refractivity contribution >= 4 is 87.5 Å². The Labute approximate surface area is 643 Å². The molecule has 10 nitrogen and oxygen atoms in total. The molecule has 22 aromatic rings. The van der Waals surface area contributed by atoms with E-state index in [1.54, 1.807) is 0 Å². The lowest BCUT2D eigenvalue weighted by atomic mass is 10.0. The summed E-state index contributed by atoms with van der Waals surface area (Å²) >= 11 is 0. The maximum absolute atomic E-state index is 6.28. The fourth-order valence-corrected chi connectivity index (χ4v) is 15.8. The third-order valence-electron chi connectivity index (χ3n) is 21.3. The number of benzene rings is 16. The first-order valence-electron chi connectivity index (χ1n) is 37.5. The number of hydrogen-bond donors (Lipinski definition) is 0. The van der Waals surface area contributed by atoms with E-state index in [-0.39, 0.29) is 0 Å². The van der Waals surface area contributed by atoms with Gasteiger partial charge in [-0.25, -0.2) is 29.9 Å². The first kappa shape index (κ1) is 65.1. The molecule has 0 saturated carbocycles. The highest BCUT2D eigenvalue weighted by atomic mass is 16.3. The maximum Gasteiger partial charge on any atom is 0.164 e. The number of rotatable bonds is 12. The van der Waals surface area contributed by atoms with Gasteiger partial charge >= 0.3 is 0 Å². The topological polar surface area (TPSA) is 113 Å². The molecule has 0 unspecified atom stereocenters. The standard InChI is InChI=1S/2C51H32N4O/c1-3-13-33(14-4-1)35-17-11-18-38(29-35)50-52-49(34-15-5-2-6-16-34)53-51(54-50)39-19-12-20-40(30-39)55-45-23-9-7-21-41(45)42-27-25-36(31-46(42)55)37-26-28-44-43-22-8-10-24-47(43)56-48(44)32-37;1-3-12-33(13-4-1)34-22-24-36(25-23-34)50-52-49(35-14-5-2-6-15-35)53-51(54-50)39-16-11-17-40(30-39)55-45-20-9-7-18-41(45)42-28-26-37(31-46(42)55)38-27-29-44-43-19-8-10-21-47(43)56-48(44)32-38/h2*1-32H. The quantitative estimate of drug-likeness (QED) is 0.119. The van der Waals surface area contributed by atoms with Crippen molar-refractivity contribution in [2.75, 3.05) is 0 Å². The van der Waals surface area contributed by atoms with Crippen LogP contribution in [0.3, 0.4) is 0 Å². The van der Waals surface area contributed by atoms with E-state index >= 15 is 0 Å². The largest absolute Gasteiger partial charge is 0.456 e. The van der Waals surface area contributed by atoms with E-state index in [4.69, 9.17) is 38.7 Å². The molecule has 0 fully saturated rings. The highest BCUT2D eigenvalue weighted by Gasteiger charge is 2.22. The van der Waals surface area contributed by atoms with Gasteiger partial charge in [-0.1, -0.05) is 297 Å². The van der Waals surface area contributed by atoms with Crippen LogP contribution < -0.4 is 0 Å². The molecule has 112 heavy (non-hydrogen) atoms. The normalized spacial score (nSPS) is 11.6. The van der Waals surface area contributed by atoms with Crippen molar-refractivity contribution in [3.63, 3.8) is 0 Å². The summed E-state index contributed by atoms with van der Waals surface area (Å²) in [7, 11) is 0. The van der Waals surface area contributed by atoms with E-state index in [1.807, 2.05) is 97.1 Å². The number of para-hydroxylation sites is 4. The lowest BCUT2D eigenvalue weighted by Crippen LogP contribution is -2.01. The van der Waals surface area contributed by atoms with Crippen LogP contribution in [-0.4, -0.2) is 39.0 Å². The van der Waals surface area contributed by atoms with Gasteiger partial charge in [-0.2, -0.15) is 0 Å². The summed E-state index contributed by atoms with van der Waals surface area (Å²) in [4.78, 5) is 30.4. The van der Waals surface area contributed by atoms with Crippen molar-refractivity contribution in [1.29, 1.82) is 0 Å². The second kappa shape index (κ2) is 27.5. The Morgan fingerprint density at radius 2 is 0.411 bits per heavy atom. The van der Waals surface area contributed by atoms with Gasteiger partial charge in [0, 0.05) is 87.8 Å². The van der Waals surface area contributed by atoms with Crippen molar-refractivity contribution in [2.45, 2.75) is 0 Å². The highest BCUT2D eigenvalue weighted by Crippen LogP contribution is 2.42. The molecule has 0 amide bonds. The average molecular weight is 1430 g/mol. The second-order valence-corrected chi connectivity index (χ2v) is 28.1. The van der Waals surface area contributed by atoms with Crippen LogP contribution in [0.5, 0.6) is 0 Å². The van der Waals surface area contributed by atoms with Gasteiger partial charge in [0.25, 0.3) is 0 Å². The number of aromatic nitrogens is 8. The molecule has 0 N–H and O–H groups in total. The minimum Gasteiger partial charge on any atom is -0.456 e. The number of furan rings is 2. The Morgan fingerprint density at radius 3 is 0.848 bits per heavy atom. The Hall–Kier alpha value is -15.3. The highest BCUT2D eigenvalue weighted by molar-refractivity contribution is 6.13. The van der Waals surface area contributed by atoms with Crippen LogP contribution >= 0.6 is 0 Å². The Balaban J connectivity index is 0.000000141. The van der Waals surface area contributed by atoms with Gasteiger partial charge in [0.2, 0.25) is 0 Å². The van der Waals surface area contributed by atoms with E-state index in [9.17, 15) is 0 Å². The molecule has 0 aliphatic heterocycles. The molecular formula is C102H64N8O2. The fourth-order valence-electron chi connectivity index (χ4n) is 15.8. The molecule has 524 valence electrons. The summed E-state index contributed by atoms with van der Waals surface area (Å²) in [5.41, 5.74) is 24.6. The van der Waals surface area contributed by atoms with Crippen LogP contribution in [0.1, 0.15) is 0 Å². The fraction of sp³-hybridized carbons (Fsp3) is 0. The Bertz CT molecular complexity index is 7370. The van der Waals surface area contributed by atoms with E-state index in [2.05, 4.69) is 300 Å². The van der Waals surface area contributed by atoms with Crippen LogP contribution in [-0.2, 0) is 0 Å². The number of fused-ring (bicyclic) bond motifs is 12. The monoisotopic (exact) mass is 1430 g/mol. The lowest BCUT2D eigenvalue weighted by molar-refractivity contribution is 0.668. The van der Waals surface area contributed by atoms with E-state index < -0.39 is 0 Å². The van der Waals surface area contributed by atoms with Gasteiger partial charge in [-0.05, 0) is 136 Å². The first-order valence-corrected chi connectivity index (χ1v) is 37.5. The minimum absolute atomic E-state index is 0.612. The van der Waals surface area contributed by atoms with E-state index in [1.165, 1.54) is 27.1 Å². The zero-order chi connectivity index (χ0) is 74.0. The average Bonchev–Trinajstić information content (AvgIpc) is 1.65. The molecule has 0 bridgehead atoms.